The number of nitrogens with zero attached hydrogens (tertiary/aromatic N) is 1. The van der Waals surface area contributed by atoms with Crippen molar-refractivity contribution >= 4 is 0 Å². The van der Waals surface area contributed by atoms with Crippen molar-refractivity contribution in [2.24, 2.45) is 5.92 Å². The second-order valence-electron chi connectivity index (χ2n) is 6.86. The molecule has 1 N–H and O–H groups in total. The summed E-state index contributed by atoms with van der Waals surface area (Å²) in [5, 5.41) is 3.75. The van der Waals surface area contributed by atoms with Gasteiger partial charge in [0.05, 0.1) is 0 Å². The maximum atomic E-state index is 3.75. The highest BCUT2D eigenvalue weighted by molar-refractivity contribution is 5.32. The first-order chi connectivity index (χ1) is 10.1. The summed E-state index contributed by atoms with van der Waals surface area (Å²) in [6.07, 6.45) is 3.94. The number of aryl methyl sites for hydroxylation is 2. The molecule has 1 aromatic carbocycles. The molecule has 1 aromatic rings. The molecule has 2 atom stereocenters. The normalized spacial score (nSPS) is 21.4. The minimum Gasteiger partial charge on any atom is -0.309 e. The number of benzene rings is 1. The lowest BCUT2D eigenvalue weighted by Crippen LogP contribution is -2.40. The third-order valence-corrected chi connectivity index (χ3v) is 4.76. The van der Waals surface area contributed by atoms with Crippen molar-refractivity contribution in [3.8, 4) is 0 Å². The van der Waals surface area contributed by atoms with Gasteiger partial charge in [0.25, 0.3) is 0 Å². The Balaban J connectivity index is 2.07. The van der Waals surface area contributed by atoms with Gasteiger partial charge in [-0.15, -0.1) is 0 Å². The number of likely N-dealkylation sites (tertiary alicyclic amines) is 1. The molecule has 0 aliphatic carbocycles. The molecule has 1 aliphatic heterocycles. The summed E-state index contributed by atoms with van der Waals surface area (Å²) >= 11 is 0. The van der Waals surface area contributed by atoms with E-state index in [2.05, 4.69) is 56.1 Å². The van der Waals surface area contributed by atoms with Crippen LogP contribution in [-0.2, 0) is 0 Å². The fraction of sp³-hybridized carbons (Fsp3) is 0.684. The first kappa shape index (κ1) is 16.5. The van der Waals surface area contributed by atoms with E-state index < -0.39 is 0 Å². The van der Waals surface area contributed by atoms with E-state index in [9.17, 15) is 0 Å². The molecule has 1 aliphatic rings. The smallest absolute Gasteiger partial charge is 0.0449 e. The molecule has 1 fully saturated rings. The van der Waals surface area contributed by atoms with Crippen LogP contribution >= 0.6 is 0 Å². The van der Waals surface area contributed by atoms with Crippen LogP contribution in [0, 0.1) is 19.8 Å². The van der Waals surface area contributed by atoms with E-state index >= 15 is 0 Å². The highest BCUT2D eigenvalue weighted by Gasteiger charge is 2.20. The van der Waals surface area contributed by atoms with Gasteiger partial charge in [-0.3, -0.25) is 0 Å². The molecule has 0 spiro atoms. The quantitative estimate of drug-likeness (QED) is 0.848. The van der Waals surface area contributed by atoms with E-state index in [4.69, 9.17) is 0 Å². The average molecular weight is 288 g/mol. The van der Waals surface area contributed by atoms with Gasteiger partial charge < -0.3 is 10.2 Å². The molecule has 0 aromatic heterocycles. The highest BCUT2D eigenvalue weighted by atomic mass is 15.2. The maximum absolute atomic E-state index is 3.75. The van der Waals surface area contributed by atoms with Crippen LogP contribution in [0.5, 0.6) is 0 Å². The molecular formula is C19H32N2. The zero-order chi connectivity index (χ0) is 15.2. The number of nitrogens with one attached hydrogen (secondary N) is 1. The van der Waals surface area contributed by atoms with Crippen LogP contribution < -0.4 is 5.32 Å². The van der Waals surface area contributed by atoms with Crippen molar-refractivity contribution in [1.29, 1.82) is 0 Å². The standard InChI is InChI=1S/C19H32N2/c1-5-10-20-19(14-21-11-6-7-15(2)13-21)18-9-8-16(3)17(4)12-18/h8-9,12,15,19-20H,5-7,10-11,13-14H2,1-4H3. The van der Waals surface area contributed by atoms with Gasteiger partial charge in [-0.2, -0.15) is 0 Å². The zero-order valence-corrected chi connectivity index (χ0v) is 14.3. The van der Waals surface area contributed by atoms with Crippen LogP contribution in [-0.4, -0.2) is 31.1 Å². The lowest BCUT2D eigenvalue weighted by Gasteiger charge is -2.34. The highest BCUT2D eigenvalue weighted by Crippen LogP contribution is 2.22. The van der Waals surface area contributed by atoms with Gasteiger partial charge in [-0.1, -0.05) is 32.0 Å². The van der Waals surface area contributed by atoms with Gasteiger partial charge >= 0.3 is 0 Å². The Kier molecular flexibility index (Phi) is 6.25. The molecule has 1 saturated heterocycles. The van der Waals surface area contributed by atoms with E-state index in [1.165, 1.54) is 49.0 Å². The van der Waals surface area contributed by atoms with Crippen molar-refractivity contribution in [3.63, 3.8) is 0 Å². The molecule has 2 heteroatoms. The Morgan fingerprint density at radius 1 is 1.29 bits per heavy atom. The zero-order valence-electron chi connectivity index (χ0n) is 14.3. The second kappa shape index (κ2) is 7.95. The molecule has 2 rings (SSSR count). The van der Waals surface area contributed by atoms with Crippen molar-refractivity contribution in [2.75, 3.05) is 26.2 Å². The molecule has 0 bridgehead atoms. The lowest BCUT2D eigenvalue weighted by atomic mass is 9.97. The van der Waals surface area contributed by atoms with Gasteiger partial charge in [0.15, 0.2) is 0 Å². The van der Waals surface area contributed by atoms with Crippen molar-refractivity contribution in [2.45, 2.75) is 53.0 Å². The Morgan fingerprint density at radius 2 is 2.10 bits per heavy atom. The monoisotopic (exact) mass is 288 g/mol. The minimum absolute atomic E-state index is 0.467. The van der Waals surface area contributed by atoms with Crippen LogP contribution in [0.25, 0.3) is 0 Å². The van der Waals surface area contributed by atoms with Crippen LogP contribution in [0.2, 0.25) is 0 Å². The molecule has 0 amide bonds. The minimum atomic E-state index is 0.467. The van der Waals surface area contributed by atoms with E-state index in [1.54, 1.807) is 0 Å². The largest absolute Gasteiger partial charge is 0.309 e. The Hall–Kier alpha value is -0.860. The molecule has 0 radical (unpaired) electrons. The SMILES string of the molecule is CCCNC(CN1CCCC(C)C1)c1ccc(C)c(C)c1. The van der Waals surface area contributed by atoms with E-state index in [0.717, 1.165) is 19.0 Å². The topological polar surface area (TPSA) is 15.3 Å². The number of piperidine rings is 1. The molecule has 2 unspecified atom stereocenters. The number of rotatable bonds is 6. The second-order valence-corrected chi connectivity index (χ2v) is 6.86. The Labute approximate surface area is 130 Å². The first-order valence-electron chi connectivity index (χ1n) is 8.63. The summed E-state index contributed by atoms with van der Waals surface area (Å²) in [6, 6.07) is 7.41. The van der Waals surface area contributed by atoms with E-state index in [-0.39, 0.29) is 0 Å². The fourth-order valence-corrected chi connectivity index (χ4v) is 3.30. The Bertz CT molecular complexity index is 441. The lowest BCUT2D eigenvalue weighted by molar-refractivity contribution is 0.167. The third-order valence-electron chi connectivity index (χ3n) is 4.76. The Morgan fingerprint density at radius 3 is 2.76 bits per heavy atom. The maximum Gasteiger partial charge on any atom is 0.0449 e. The molecule has 1 heterocycles. The number of hydrogen-bond donors (Lipinski definition) is 1. The summed E-state index contributed by atoms with van der Waals surface area (Å²) in [6.45, 7) is 13.8. The molecule has 21 heavy (non-hydrogen) atoms. The molecule has 118 valence electrons. The predicted molar refractivity (Wildman–Crippen MR) is 91.8 cm³/mol. The van der Waals surface area contributed by atoms with Gasteiger partial charge in [0.2, 0.25) is 0 Å². The van der Waals surface area contributed by atoms with Crippen LogP contribution in [0.3, 0.4) is 0 Å². The van der Waals surface area contributed by atoms with Crippen molar-refractivity contribution in [3.05, 3.63) is 34.9 Å². The van der Waals surface area contributed by atoms with Crippen LogP contribution in [0.4, 0.5) is 0 Å². The van der Waals surface area contributed by atoms with Crippen LogP contribution in [0.1, 0.15) is 55.8 Å². The third kappa shape index (κ3) is 4.82. The summed E-state index contributed by atoms with van der Waals surface area (Å²) in [5.41, 5.74) is 4.24. The van der Waals surface area contributed by atoms with Gasteiger partial charge in [0.1, 0.15) is 0 Å². The summed E-state index contributed by atoms with van der Waals surface area (Å²) in [4.78, 5) is 2.65. The predicted octanol–water partition coefficient (Wildman–Crippen LogP) is 4.08. The molecular weight excluding hydrogens is 256 g/mol. The molecule has 0 saturated carbocycles. The van der Waals surface area contributed by atoms with Gasteiger partial charge in [0, 0.05) is 19.1 Å². The first-order valence-corrected chi connectivity index (χ1v) is 8.63. The van der Waals surface area contributed by atoms with Crippen LogP contribution in [0.15, 0.2) is 18.2 Å². The van der Waals surface area contributed by atoms with Gasteiger partial charge in [-0.25, -0.2) is 0 Å². The van der Waals surface area contributed by atoms with Crippen molar-refractivity contribution in [1.82, 2.24) is 10.2 Å². The number of hydrogen-bond acceptors (Lipinski definition) is 2. The van der Waals surface area contributed by atoms with E-state index in [0.29, 0.717) is 6.04 Å². The van der Waals surface area contributed by atoms with Gasteiger partial charge in [-0.05, 0) is 68.8 Å². The van der Waals surface area contributed by atoms with Crippen molar-refractivity contribution < 1.29 is 0 Å². The van der Waals surface area contributed by atoms with E-state index in [1.807, 2.05) is 0 Å². The summed E-state index contributed by atoms with van der Waals surface area (Å²) < 4.78 is 0. The average Bonchev–Trinajstić information content (AvgIpc) is 2.46. The fourth-order valence-electron chi connectivity index (χ4n) is 3.30. The molecule has 2 nitrogen and oxygen atoms in total. The summed E-state index contributed by atoms with van der Waals surface area (Å²) in [5.74, 6) is 0.852. The summed E-state index contributed by atoms with van der Waals surface area (Å²) in [7, 11) is 0.